The summed E-state index contributed by atoms with van der Waals surface area (Å²) in [6.07, 6.45) is 0. The van der Waals surface area contributed by atoms with Crippen molar-refractivity contribution in [3.8, 4) is 5.75 Å². The third-order valence-corrected chi connectivity index (χ3v) is 4.20. The summed E-state index contributed by atoms with van der Waals surface area (Å²) in [6, 6.07) is 18.8. The van der Waals surface area contributed by atoms with Crippen LogP contribution in [-0.4, -0.2) is 29.3 Å². The maximum atomic E-state index is 12.7. The van der Waals surface area contributed by atoms with E-state index in [-0.39, 0.29) is 5.91 Å². The fraction of sp³-hybridized carbons (Fsp3) is 0.158. The van der Waals surface area contributed by atoms with Crippen molar-refractivity contribution in [1.82, 2.24) is 9.78 Å². The molecule has 25 heavy (non-hydrogen) atoms. The topological polar surface area (TPSA) is 59.4 Å². The minimum Gasteiger partial charge on any atom is -0.497 e. The summed E-state index contributed by atoms with van der Waals surface area (Å²) in [5.41, 5.74) is 1.60. The average molecular weight is 334 g/mol. The standard InChI is InChI=1S/C19H18N4O2/c1-25-16-9-7-15(8-10-16)20-17-13-18-22(11-12-23(18)21-17)19(24)14-5-3-2-4-6-14/h2-10,13H,11-12H2,1H3,(H,20,21). The van der Waals surface area contributed by atoms with Gasteiger partial charge in [-0.3, -0.25) is 9.69 Å². The monoisotopic (exact) mass is 334 g/mol. The van der Waals surface area contributed by atoms with Gasteiger partial charge in [0.2, 0.25) is 0 Å². The fourth-order valence-corrected chi connectivity index (χ4v) is 2.92. The number of aromatic nitrogens is 2. The van der Waals surface area contributed by atoms with Crippen LogP contribution >= 0.6 is 0 Å². The maximum absolute atomic E-state index is 12.7. The minimum absolute atomic E-state index is 0.00440. The van der Waals surface area contributed by atoms with Crippen LogP contribution in [0.5, 0.6) is 5.75 Å². The highest BCUT2D eigenvalue weighted by Gasteiger charge is 2.27. The Labute approximate surface area is 145 Å². The second kappa shape index (κ2) is 6.32. The number of methoxy groups -OCH3 is 1. The summed E-state index contributed by atoms with van der Waals surface area (Å²) >= 11 is 0. The number of amides is 1. The van der Waals surface area contributed by atoms with Gasteiger partial charge in [0.1, 0.15) is 11.6 Å². The van der Waals surface area contributed by atoms with Crippen molar-refractivity contribution in [2.75, 3.05) is 23.9 Å². The van der Waals surface area contributed by atoms with Gasteiger partial charge in [0, 0.05) is 23.9 Å². The Balaban J connectivity index is 1.54. The first-order chi connectivity index (χ1) is 12.2. The summed E-state index contributed by atoms with van der Waals surface area (Å²) < 4.78 is 7.01. The Morgan fingerprint density at radius 1 is 1.08 bits per heavy atom. The van der Waals surface area contributed by atoms with Crippen LogP contribution in [0.15, 0.2) is 60.7 Å². The predicted molar refractivity (Wildman–Crippen MR) is 96.6 cm³/mol. The van der Waals surface area contributed by atoms with Gasteiger partial charge >= 0.3 is 0 Å². The molecule has 1 amide bonds. The van der Waals surface area contributed by atoms with Crippen LogP contribution in [0.25, 0.3) is 0 Å². The lowest BCUT2D eigenvalue weighted by Gasteiger charge is -2.14. The highest BCUT2D eigenvalue weighted by atomic mass is 16.5. The summed E-state index contributed by atoms with van der Waals surface area (Å²) in [5, 5.41) is 7.79. The van der Waals surface area contributed by atoms with Crippen LogP contribution in [0.3, 0.4) is 0 Å². The van der Waals surface area contributed by atoms with E-state index in [0.717, 1.165) is 17.3 Å². The van der Waals surface area contributed by atoms with Crippen LogP contribution in [-0.2, 0) is 6.54 Å². The maximum Gasteiger partial charge on any atom is 0.259 e. The van der Waals surface area contributed by atoms with Crippen LogP contribution in [0.1, 0.15) is 10.4 Å². The van der Waals surface area contributed by atoms with E-state index in [0.29, 0.717) is 24.5 Å². The van der Waals surface area contributed by atoms with Crippen LogP contribution < -0.4 is 15.0 Å². The smallest absolute Gasteiger partial charge is 0.259 e. The lowest BCUT2D eigenvalue weighted by molar-refractivity contribution is 0.0989. The first kappa shape index (κ1) is 15.3. The second-order valence-corrected chi connectivity index (χ2v) is 5.79. The number of rotatable bonds is 4. The number of fused-ring (bicyclic) bond motifs is 1. The van der Waals surface area contributed by atoms with Gasteiger partial charge in [-0.2, -0.15) is 5.10 Å². The number of anilines is 3. The van der Waals surface area contributed by atoms with Gasteiger partial charge in [-0.15, -0.1) is 0 Å². The van der Waals surface area contributed by atoms with Crippen LogP contribution in [0, 0.1) is 0 Å². The number of benzene rings is 2. The van der Waals surface area contributed by atoms with Gasteiger partial charge in [0.25, 0.3) is 5.91 Å². The number of carbonyl (C=O) groups excluding carboxylic acids is 1. The van der Waals surface area contributed by atoms with Gasteiger partial charge in [0.05, 0.1) is 13.7 Å². The molecular formula is C19H18N4O2. The quantitative estimate of drug-likeness (QED) is 0.795. The molecule has 0 spiro atoms. The molecule has 2 heterocycles. The Morgan fingerprint density at radius 2 is 1.84 bits per heavy atom. The molecule has 4 rings (SSSR count). The fourth-order valence-electron chi connectivity index (χ4n) is 2.92. The zero-order chi connectivity index (χ0) is 17.2. The number of carbonyl (C=O) groups is 1. The Bertz CT molecular complexity index is 888. The number of hydrogen-bond acceptors (Lipinski definition) is 4. The van der Waals surface area contributed by atoms with E-state index in [4.69, 9.17) is 4.74 Å². The number of nitrogens with one attached hydrogen (secondary N) is 1. The average Bonchev–Trinajstić information content (AvgIpc) is 3.22. The minimum atomic E-state index is -0.00440. The summed E-state index contributed by atoms with van der Waals surface area (Å²) in [5.74, 6) is 2.32. The first-order valence-corrected chi connectivity index (χ1v) is 8.10. The number of ether oxygens (including phenoxy) is 1. The first-order valence-electron chi connectivity index (χ1n) is 8.10. The molecule has 3 aromatic rings. The van der Waals surface area contributed by atoms with E-state index in [1.54, 1.807) is 12.0 Å². The van der Waals surface area contributed by atoms with Crippen molar-refractivity contribution >= 4 is 23.2 Å². The van der Waals surface area contributed by atoms with Gasteiger partial charge in [-0.1, -0.05) is 18.2 Å². The molecule has 0 atom stereocenters. The summed E-state index contributed by atoms with van der Waals surface area (Å²) in [4.78, 5) is 14.5. The van der Waals surface area contributed by atoms with E-state index in [1.807, 2.05) is 65.3 Å². The third kappa shape index (κ3) is 2.94. The molecule has 0 fully saturated rings. The molecule has 2 aromatic carbocycles. The van der Waals surface area contributed by atoms with Crippen molar-refractivity contribution in [3.63, 3.8) is 0 Å². The normalized spacial score (nSPS) is 12.8. The Morgan fingerprint density at radius 3 is 2.56 bits per heavy atom. The van der Waals surface area contributed by atoms with Crippen LogP contribution in [0.2, 0.25) is 0 Å². The lowest BCUT2D eigenvalue weighted by atomic mass is 10.2. The zero-order valence-corrected chi connectivity index (χ0v) is 13.8. The van der Waals surface area contributed by atoms with Crippen molar-refractivity contribution in [3.05, 3.63) is 66.2 Å². The Kier molecular flexibility index (Phi) is 3.85. The SMILES string of the molecule is COc1ccc(Nc2cc3n(n2)CCN3C(=O)c2ccccc2)cc1. The van der Waals surface area contributed by atoms with Crippen molar-refractivity contribution in [2.45, 2.75) is 6.54 Å². The lowest BCUT2D eigenvalue weighted by Crippen LogP contribution is -2.28. The predicted octanol–water partition coefficient (Wildman–Crippen LogP) is 3.30. The zero-order valence-electron chi connectivity index (χ0n) is 13.8. The molecule has 1 aliphatic heterocycles. The van der Waals surface area contributed by atoms with E-state index in [9.17, 15) is 4.79 Å². The summed E-state index contributed by atoms with van der Waals surface area (Å²) in [7, 11) is 1.64. The molecular weight excluding hydrogens is 316 g/mol. The van der Waals surface area contributed by atoms with Gasteiger partial charge < -0.3 is 10.1 Å². The van der Waals surface area contributed by atoms with Gasteiger partial charge in [0.15, 0.2) is 5.82 Å². The molecule has 0 saturated heterocycles. The van der Waals surface area contributed by atoms with E-state index in [1.165, 1.54) is 0 Å². The van der Waals surface area contributed by atoms with E-state index in [2.05, 4.69) is 10.4 Å². The highest BCUT2D eigenvalue weighted by Crippen LogP contribution is 2.28. The molecule has 1 N–H and O–H groups in total. The molecule has 126 valence electrons. The highest BCUT2D eigenvalue weighted by molar-refractivity contribution is 6.06. The molecule has 6 heteroatoms. The molecule has 0 aliphatic carbocycles. The third-order valence-electron chi connectivity index (χ3n) is 4.20. The number of nitrogens with zero attached hydrogens (tertiary/aromatic N) is 3. The molecule has 6 nitrogen and oxygen atoms in total. The van der Waals surface area contributed by atoms with Crippen molar-refractivity contribution < 1.29 is 9.53 Å². The molecule has 0 unspecified atom stereocenters. The molecule has 1 aliphatic rings. The summed E-state index contributed by atoms with van der Waals surface area (Å²) in [6.45, 7) is 1.33. The molecule has 1 aromatic heterocycles. The number of hydrogen-bond donors (Lipinski definition) is 1. The van der Waals surface area contributed by atoms with Crippen molar-refractivity contribution in [1.29, 1.82) is 0 Å². The van der Waals surface area contributed by atoms with Crippen molar-refractivity contribution in [2.24, 2.45) is 0 Å². The second-order valence-electron chi connectivity index (χ2n) is 5.79. The van der Waals surface area contributed by atoms with E-state index >= 15 is 0 Å². The Hall–Kier alpha value is -3.28. The molecule has 0 radical (unpaired) electrons. The molecule has 0 bridgehead atoms. The largest absolute Gasteiger partial charge is 0.497 e. The van der Waals surface area contributed by atoms with Gasteiger partial charge in [-0.25, -0.2) is 4.68 Å². The van der Waals surface area contributed by atoms with E-state index < -0.39 is 0 Å². The molecule has 0 saturated carbocycles. The van der Waals surface area contributed by atoms with Crippen LogP contribution in [0.4, 0.5) is 17.3 Å². The van der Waals surface area contributed by atoms with Gasteiger partial charge in [-0.05, 0) is 36.4 Å².